The fourth-order valence-electron chi connectivity index (χ4n) is 0.407. The number of hydrogen-bond acceptors (Lipinski definition) is 7. The Labute approximate surface area is 127 Å². The van der Waals surface area contributed by atoms with E-state index in [4.69, 9.17) is 5.73 Å². The van der Waals surface area contributed by atoms with E-state index in [1.54, 1.807) is 0 Å². The molecule has 0 amide bonds. The van der Waals surface area contributed by atoms with Gasteiger partial charge in [0.05, 0.1) is 0 Å². The van der Waals surface area contributed by atoms with E-state index in [9.17, 15) is 18.9 Å². The SMILES string of the molecule is NC(CCO[P+](=O)[O-])O[P+](=O)[O-].[Na+].[Na+]. The Bertz CT molecular complexity index is 182. The first kappa shape index (κ1) is 21.3. The normalized spacial score (nSPS) is 13.4. The molecule has 0 aromatic heterocycles. The Morgan fingerprint density at radius 2 is 1.71 bits per heavy atom. The van der Waals surface area contributed by atoms with Crippen LogP contribution in [0.4, 0.5) is 0 Å². The summed E-state index contributed by atoms with van der Waals surface area (Å²) < 4.78 is 27.9. The minimum absolute atomic E-state index is 0. The van der Waals surface area contributed by atoms with E-state index in [1.165, 1.54) is 0 Å². The molecule has 11 heteroatoms. The first-order valence-corrected chi connectivity index (χ1v) is 5.05. The molecule has 0 bridgehead atoms. The topological polar surface area (TPSA) is 125 Å². The molecule has 0 aliphatic carbocycles. The van der Waals surface area contributed by atoms with Gasteiger partial charge in [-0.2, -0.15) is 0 Å². The van der Waals surface area contributed by atoms with Gasteiger partial charge in [0, 0.05) is 6.42 Å². The smallest absolute Gasteiger partial charge is 0.566 e. The molecule has 0 radical (unpaired) electrons. The van der Waals surface area contributed by atoms with Gasteiger partial charge in [0.2, 0.25) is 0 Å². The summed E-state index contributed by atoms with van der Waals surface area (Å²) in [6.45, 7) is -0.191. The minimum Gasteiger partial charge on any atom is -0.566 e. The first-order valence-electron chi connectivity index (χ1n) is 2.86. The molecule has 0 saturated heterocycles. The molecular formula is C3H7NNa2O6P2+2. The Balaban J connectivity index is -0.000000605. The van der Waals surface area contributed by atoms with E-state index in [-0.39, 0.29) is 72.1 Å². The molecule has 0 rings (SSSR count). The van der Waals surface area contributed by atoms with Crippen LogP contribution in [-0.4, -0.2) is 12.8 Å². The van der Waals surface area contributed by atoms with Crippen LogP contribution in [0.5, 0.6) is 0 Å². The second-order valence-electron chi connectivity index (χ2n) is 1.71. The summed E-state index contributed by atoms with van der Waals surface area (Å²) in [4.78, 5) is 19.7. The van der Waals surface area contributed by atoms with Gasteiger partial charge in [0.25, 0.3) is 0 Å². The Kier molecular flexibility index (Phi) is 19.9. The van der Waals surface area contributed by atoms with Crippen LogP contribution >= 0.6 is 16.5 Å². The summed E-state index contributed by atoms with van der Waals surface area (Å²) >= 11 is 0. The van der Waals surface area contributed by atoms with Gasteiger partial charge in [-0.25, -0.2) is 0 Å². The van der Waals surface area contributed by atoms with Crippen molar-refractivity contribution in [3.05, 3.63) is 0 Å². The third-order valence-corrected chi connectivity index (χ3v) is 1.66. The molecule has 0 aliphatic rings. The van der Waals surface area contributed by atoms with Crippen LogP contribution in [0.2, 0.25) is 0 Å². The summed E-state index contributed by atoms with van der Waals surface area (Å²) in [5.74, 6) is 0. The van der Waals surface area contributed by atoms with Crippen molar-refractivity contribution < 1.29 is 87.1 Å². The third-order valence-electron chi connectivity index (χ3n) is 0.821. The van der Waals surface area contributed by atoms with Gasteiger partial charge in [-0.1, -0.05) is 0 Å². The van der Waals surface area contributed by atoms with Crippen LogP contribution in [0.15, 0.2) is 0 Å². The molecule has 3 atom stereocenters. The minimum atomic E-state index is -3.00. The third kappa shape index (κ3) is 16.4. The van der Waals surface area contributed by atoms with Crippen LogP contribution in [0.3, 0.4) is 0 Å². The van der Waals surface area contributed by atoms with Crippen molar-refractivity contribution in [3.63, 3.8) is 0 Å². The summed E-state index contributed by atoms with van der Waals surface area (Å²) in [6, 6.07) is 0. The zero-order valence-electron chi connectivity index (χ0n) is 7.91. The quantitative estimate of drug-likeness (QED) is 0.286. The summed E-state index contributed by atoms with van der Waals surface area (Å²) in [5.41, 5.74) is 5.08. The van der Waals surface area contributed by atoms with E-state index in [0.29, 0.717) is 0 Å². The van der Waals surface area contributed by atoms with Crippen LogP contribution in [0, 0.1) is 0 Å². The van der Waals surface area contributed by atoms with Gasteiger partial charge in [0.15, 0.2) is 6.23 Å². The molecule has 0 fully saturated rings. The average Bonchev–Trinajstić information content (AvgIpc) is 1.84. The van der Waals surface area contributed by atoms with Crippen molar-refractivity contribution in [1.82, 2.24) is 0 Å². The van der Waals surface area contributed by atoms with Gasteiger partial charge in [-0.05, 0) is 9.13 Å². The van der Waals surface area contributed by atoms with Crippen LogP contribution < -0.4 is 74.6 Å². The predicted octanol–water partition coefficient (Wildman–Crippen LogP) is -7.26. The molecule has 3 unspecified atom stereocenters. The maximum atomic E-state index is 9.88. The van der Waals surface area contributed by atoms with Gasteiger partial charge < -0.3 is 15.5 Å². The maximum absolute atomic E-state index is 9.88. The van der Waals surface area contributed by atoms with Crippen molar-refractivity contribution in [2.24, 2.45) is 5.73 Å². The molecule has 14 heavy (non-hydrogen) atoms. The van der Waals surface area contributed by atoms with Crippen molar-refractivity contribution in [3.8, 4) is 0 Å². The molecule has 0 heterocycles. The summed E-state index contributed by atoms with van der Waals surface area (Å²) in [6.07, 6.45) is -1.06. The van der Waals surface area contributed by atoms with E-state index in [2.05, 4.69) is 9.05 Å². The van der Waals surface area contributed by atoms with Gasteiger partial charge >= 0.3 is 75.6 Å². The van der Waals surface area contributed by atoms with Crippen LogP contribution in [0.1, 0.15) is 6.42 Å². The molecule has 0 aliphatic heterocycles. The van der Waals surface area contributed by atoms with Gasteiger partial charge in [-0.15, -0.1) is 9.05 Å². The predicted molar refractivity (Wildman–Crippen MR) is 34.8 cm³/mol. The second-order valence-corrected chi connectivity index (χ2v) is 3.08. The molecular weight excluding hydrogens is 254 g/mol. The molecule has 0 saturated carbocycles. The molecule has 2 N–H and O–H groups in total. The largest absolute Gasteiger partial charge is 1.00 e. The van der Waals surface area contributed by atoms with Crippen LogP contribution in [-0.2, 0) is 18.2 Å². The second kappa shape index (κ2) is 13.1. The monoisotopic (exact) mass is 261 g/mol. The number of nitrogens with two attached hydrogens (primary N) is 1. The summed E-state index contributed by atoms with van der Waals surface area (Å²) in [5, 5.41) is 0. The first-order chi connectivity index (χ1) is 5.52. The van der Waals surface area contributed by atoms with Gasteiger partial charge in [-0.3, -0.25) is 0 Å². The van der Waals surface area contributed by atoms with E-state index < -0.39 is 22.7 Å². The Hall–Kier alpha value is 2.00. The van der Waals surface area contributed by atoms with Crippen LogP contribution in [0.25, 0.3) is 0 Å². The molecule has 70 valence electrons. The van der Waals surface area contributed by atoms with Crippen molar-refractivity contribution >= 4 is 16.5 Å². The zero-order chi connectivity index (χ0) is 9.56. The van der Waals surface area contributed by atoms with Crippen molar-refractivity contribution in [2.45, 2.75) is 12.6 Å². The summed E-state index contributed by atoms with van der Waals surface area (Å²) in [7, 11) is -5.92. The molecule has 0 spiro atoms. The van der Waals surface area contributed by atoms with Crippen molar-refractivity contribution in [2.75, 3.05) is 6.61 Å². The fourth-order valence-corrected chi connectivity index (χ4v) is 0.988. The average molecular weight is 261 g/mol. The standard InChI is InChI=1S/C3H7NO6P2.2Na/c4-3(10-12(7)8)1-2-9-11(5)6;;/h3H,1-2,4H2;;/q;2*+1. The number of hydrogen-bond donors (Lipinski definition) is 1. The van der Waals surface area contributed by atoms with E-state index in [0.717, 1.165) is 0 Å². The molecule has 0 aromatic carbocycles. The Morgan fingerprint density at radius 3 is 2.07 bits per heavy atom. The zero-order valence-corrected chi connectivity index (χ0v) is 13.7. The Morgan fingerprint density at radius 1 is 1.21 bits per heavy atom. The van der Waals surface area contributed by atoms with Gasteiger partial charge in [0.1, 0.15) is 6.61 Å². The molecule has 0 aromatic rings. The molecule has 7 nitrogen and oxygen atoms in total. The van der Waals surface area contributed by atoms with E-state index in [1.807, 2.05) is 0 Å². The maximum Gasteiger partial charge on any atom is 1.00 e. The number of rotatable bonds is 6. The van der Waals surface area contributed by atoms with E-state index >= 15 is 0 Å². The van der Waals surface area contributed by atoms with Crippen molar-refractivity contribution in [1.29, 1.82) is 0 Å². The fraction of sp³-hybridized carbons (Fsp3) is 1.00.